The van der Waals surface area contributed by atoms with Gasteiger partial charge in [0.1, 0.15) is 11.7 Å². The summed E-state index contributed by atoms with van der Waals surface area (Å²) in [5.41, 5.74) is 9.81. The zero-order valence-corrected chi connectivity index (χ0v) is 12.1. The number of rotatable bonds is 4. The van der Waals surface area contributed by atoms with Crippen LogP contribution in [0, 0.1) is 19.3 Å². The molecule has 1 heterocycles. The van der Waals surface area contributed by atoms with Crippen molar-refractivity contribution in [3.8, 4) is 0 Å². The van der Waals surface area contributed by atoms with Gasteiger partial charge in [0.2, 0.25) is 0 Å². The summed E-state index contributed by atoms with van der Waals surface area (Å²) >= 11 is 0. The van der Waals surface area contributed by atoms with Crippen LogP contribution in [0.3, 0.4) is 0 Å². The van der Waals surface area contributed by atoms with Crippen LogP contribution in [0.1, 0.15) is 22.3 Å². The van der Waals surface area contributed by atoms with Crippen LogP contribution in [0.2, 0.25) is 0 Å². The molecule has 0 unspecified atom stereocenters. The summed E-state index contributed by atoms with van der Waals surface area (Å²) in [6.45, 7) is 4.75. The van der Waals surface area contributed by atoms with E-state index in [1.165, 1.54) is 11.1 Å². The van der Waals surface area contributed by atoms with Crippen molar-refractivity contribution in [2.45, 2.75) is 20.4 Å². The first-order valence-corrected chi connectivity index (χ1v) is 6.55. The molecule has 2 rings (SSSR count). The van der Waals surface area contributed by atoms with E-state index in [0.29, 0.717) is 5.56 Å². The number of aromatic nitrogens is 1. The first kappa shape index (κ1) is 14.1. The number of amidine groups is 1. The Morgan fingerprint density at radius 2 is 1.85 bits per heavy atom. The molecule has 20 heavy (non-hydrogen) atoms. The minimum Gasteiger partial charge on any atom is -0.384 e. The largest absolute Gasteiger partial charge is 0.384 e. The second kappa shape index (κ2) is 5.74. The van der Waals surface area contributed by atoms with Crippen molar-refractivity contribution in [2.24, 2.45) is 5.73 Å². The van der Waals surface area contributed by atoms with Gasteiger partial charge in [-0.25, -0.2) is 4.98 Å². The Morgan fingerprint density at radius 3 is 2.45 bits per heavy atom. The molecular formula is C16H20N4. The van der Waals surface area contributed by atoms with E-state index in [4.69, 9.17) is 11.1 Å². The highest BCUT2D eigenvalue weighted by Gasteiger charge is 2.14. The smallest absolute Gasteiger partial charge is 0.139 e. The van der Waals surface area contributed by atoms with Crippen molar-refractivity contribution in [1.82, 2.24) is 4.98 Å². The maximum Gasteiger partial charge on any atom is 0.139 e. The molecule has 4 heteroatoms. The molecule has 0 bridgehead atoms. The van der Waals surface area contributed by atoms with Gasteiger partial charge >= 0.3 is 0 Å². The summed E-state index contributed by atoms with van der Waals surface area (Å²) in [4.78, 5) is 6.40. The molecular weight excluding hydrogens is 248 g/mol. The van der Waals surface area contributed by atoms with E-state index < -0.39 is 0 Å². The molecule has 0 fully saturated rings. The van der Waals surface area contributed by atoms with E-state index >= 15 is 0 Å². The number of benzene rings is 1. The molecule has 1 aromatic heterocycles. The quantitative estimate of drug-likeness (QED) is 0.661. The zero-order valence-electron chi connectivity index (χ0n) is 12.1. The lowest BCUT2D eigenvalue weighted by Crippen LogP contribution is -2.24. The van der Waals surface area contributed by atoms with Gasteiger partial charge < -0.3 is 10.6 Å². The van der Waals surface area contributed by atoms with E-state index in [9.17, 15) is 0 Å². The monoisotopic (exact) mass is 268 g/mol. The van der Waals surface area contributed by atoms with Crippen LogP contribution in [0.25, 0.3) is 0 Å². The fourth-order valence-corrected chi connectivity index (χ4v) is 2.21. The zero-order chi connectivity index (χ0) is 14.7. The maximum absolute atomic E-state index is 7.73. The molecule has 0 aliphatic rings. The van der Waals surface area contributed by atoms with Gasteiger partial charge in [-0.05, 0) is 31.0 Å². The van der Waals surface area contributed by atoms with Gasteiger partial charge in [-0.1, -0.05) is 29.8 Å². The van der Waals surface area contributed by atoms with Crippen LogP contribution in [0.5, 0.6) is 0 Å². The summed E-state index contributed by atoms with van der Waals surface area (Å²) < 4.78 is 0. The number of pyridine rings is 1. The summed E-state index contributed by atoms with van der Waals surface area (Å²) in [6.07, 6.45) is 1.75. The van der Waals surface area contributed by atoms with Crippen molar-refractivity contribution >= 4 is 11.7 Å². The number of nitrogens with zero attached hydrogens (tertiary/aromatic N) is 2. The third-order valence-electron chi connectivity index (χ3n) is 3.31. The highest BCUT2D eigenvalue weighted by Crippen LogP contribution is 2.21. The number of nitrogens with one attached hydrogen (secondary N) is 1. The molecule has 0 aliphatic heterocycles. The van der Waals surface area contributed by atoms with Crippen molar-refractivity contribution in [3.05, 3.63) is 58.8 Å². The van der Waals surface area contributed by atoms with Crippen molar-refractivity contribution in [2.75, 3.05) is 11.9 Å². The number of nitrogens with two attached hydrogens (primary N) is 1. The van der Waals surface area contributed by atoms with Gasteiger partial charge in [-0.2, -0.15) is 0 Å². The third-order valence-corrected chi connectivity index (χ3v) is 3.31. The molecule has 4 nitrogen and oxygen atoms in total. The van der Waals surface area contributed by atoms with E-state index in [1.807, 2.05) is 24.9 Å². The Morgan fingerprint density at radius 1 is 1.20 bits per heavy atom. The summed E-state index contributed by atoms with van der Waals surface area (Å²) in [5, 5.41) is 7.73. The molecule has 0 amide bonds. The number of hydrogen-bond acceptors (Lipinski definition) is 3. The molecule has 0 aliphatic carbocycles. The van der Waals surface area contributed by atoms with Gasteiger partial charge in [0.15, 0.2) is 0 Å². The number of anilines is 1. The summed E-state index contributed by atoms with van der Waals surface area (Å²) in [6, 6.07) is 10.3. The molecule has 0 saturated heterocycles. The predicted molar refractivity (Wildman–Crippen MR) is 83.3 cm³/mol. The molecule has 0 radical (unpaired) electrons. The molecule has 1 aromatic carbocycles. The second-order valence-electron chi connectivity index (χ2n) is 5.08. The van der Waals surface area contributed by atoms with E-state index in [1.54, 1.807) is 6.20 Å². The van der Waals surface area contributed by atoms with Crippen LogP contribution < -0.4 is 10.6 Å². The predicted octanol–water partition coefficient (Wildman–Crippen LogP) is 2.62. The number of nitrogen functional groups attached to an aromatic ring is 1. The maximum atomic E-state index is 7.73. The van der Waals surface area contributed by atoms with Crippen LogP contribution in [-0.4, -0.2) is 17.9 Å². The molecule has 104 valence electrons. The van der Waals surface area contributed by atoms with Crippen LogP contribution >= 0.6 is 0 Å². The lowest BCUT2D eigenvalue weighted by molar-refractivity contribution is 0.893. The Labute approximate surface area is 119 Å². The van der Waals surface area contributed by atoms with E-state index in [2.05, 4.69) is 36.2 Å². The first-order chi connectivity index (χ1) is 9.49. The van der Waals surface area contributed by atoms with E-state index in [0.717, 1.165) is 17.9 Å². The highest BCUT2D eigenvalue weighted by molar-refractivity contribution is 6.00. The van der Waals surface area contributed by atoms with Crippen molar-refractivity contribution in [1.29, 1.82) is 5.41 Å². The van der Waals surface area contributed by atoms with Crippen LogP contribution in [0.15, 0.2) is 36.5 Å². The fraction of sp³-hybridized carbons (Fsp3) is 0.250. The standard InChI is InChI=1S/C16H20N4/c1-11-4-6-13(7-5-11)10-20(3)16-14(15(17)18)12(2)8-9-19-16/h4-9H,10H2,1-3H3,(H3,17,18). The lowest BCUT2D eigenvalue weighted by Gasteiger charge is -2.22. The van der Waals surface area contributed by atoms with Gasteiger partial charge in [-0.15, -0.1) is 0 Å². The fourth-order valence-electron chi connectivity index (χ4n) is 2.21. The van der Waals surface area contributed by atoms with Gasteiger partial charge in [0, 0.05) is 19.8 Å². The topological polar surface area (TPSA) is 66.0 Å². The second-order valence-corrected chi connectivity index (χ2v) is 5.08. The average Bonchev–Trinajstić information content (AvgIpc) is 2.40. The van der Waals surface area contributed by atoms with Gasteiger partial charge in [0.05, 0.1) is 5.56 Å². The van der Waals surface area contributed by atoms with Crippen molar-refractivity contribution in [3.63, 3.8) is 0 Å². The minimum atomic E-state index is 0.0568. The van der Waals surface area contributed by atoms with Crippen LogP contribution in [-0.2, 0) is 6.54 Å². The Kier molecular flexibility index (Phi) is 4.03. The molecule has 0 atom stereocenters. The third kappa shape index (κ3) is 2.96. The molecule has 2 aromatic rings. The van der Waals surface area contributed by atoms with Gasteiger partial charge in [0.25, 0.3) is 0 Å². The molecule has 3 N–H and O–H groups in total. The Hall–Kier alpha value is -2.36. The SMILES string of the molecule is Cc1ccc(CN(C)c2nccc(C)c2C(=N)N)cc1. The summed E-state index contributed by atoms with van der Waals surface area (Å²) in [7, 11) is 1.97. The van der Waals surface area contributed by atoms with Gasteiger partial charge in [-0.3, -0.25) is 5.41 Å². The summed E-state index contributed by atoms with van der Waals surface area (Å²) in [5.74, 6) is 0.805. The normalized spacial score (nSPS) is 10.3. The lowest BCUT2D eigenvalue weighted by atomic mass is 10.1. The average molecular weight is 268 g/mol. The Bertz CT molecular complexity index is 617. The molecule has 0 saturated carbocycles. The highest BCUT2D eigenvalue weighted by atomic mass is 15.2. The first-order valence-electron chi connectivity index (χ1n) is 6.55. The number of hydrogen-bond donors (Lipinski definition) is 2. The van der Waals surface area contributed by atoms with E-state index in [-0.39, 0.29) is 5.84 Å². The van der Waals surface area contributed by atoms with Crippen molar-refractivity contribution < 1.29 is 0 Å². The van der Waals surface area contributed by atoms with Crippen LogP contribution in [0.4, 0.5) is 5.82 Å². The minimum absolute atomic E-state index is 0.0568. The Balaban J connectivity index is 2.29. The molecule has 0 spiro atoms. The number of aryl methyl sites for hydroxylation is 2.